The number of amides is 1. The van der Waals surface area contributed by atoms with Gasteiger partial charge in [0.05, 0.1) is 0 Å². The molecule has 2 aromatic carbocycles. The van der Waals surface area contributed by atoms with E-state index in [1.165, 1.54) is 5.39 Å². The van der Waals surface area contributed by atoms with Crippen LogP contribution in [-0.2, 0) is 11.3 Å². The molecule has 3 rings (SSSR count). The van der Waals surface area contributed by atoms with Crippen LogP contribution in [-0.4, -0.2) is 10.9 Å². The maximum absolute atomic E-state index is 11.9. The van der Waals surface area contributed by atoms with E-state index in [-0.39, 0.29) is 5.91 Å². The Labute approximate surface area is 129 Å². The van der Waals surface area contributed by atoms with Gasteiger partial charge in [0.2, 0.25) is 5.91 Å². The highest BCUT2D eigenvalue weighted by molar-refractivity contribution is 5.96. The Bertz CT molecular complexity index is 805. The second-order valence-corrected chi connectivity index (χ2v) is 4.98. The lowest BCUT2D eigenvalue weighted by Gasteiger charge is -2.03. The fraction of sp³-hybridized carbons (Fsp3) is 0.0526. The molecule has 0 aliphatic heterocycles. The molecule has 3 heteroatoms. The molecule has 0 bridgehead atoms. The molecule has 0 unspecified atom stereocenters. The Hall–Kier alpha value is -2.94. The Kier molecular flexibility index (Phi) is 4.25. The van der Waals surface area contributed by atoms with Crippen molar-refractivity contribution in [3.63, 3.8) is 0 Å². The first-order chi connectivity index (χ1) is 10.8. The number of pyridine rings is 1. The maximum atomic E-state index is 11.9. The van der Waals surface area contributed by atoms with Gasteiger partial charge in [-0.05, 0) is 34.0 Å². The number of aromatic nitrogens is 1. The minimum Gasteiger partial charge on any atom is -0.348 e. The first kappa shape index (κ1) is 14.0. The normalized spacial score (nSPS) is 10.9. The third kappa shape index (κ3) is 3.38. The van der Waals surface area contributed by atoms with E-state index < -0.39 is 0 Å². The van der Waals surface area contributed by atoms with E-state index in [4.69, 9.17) is 0 Å². The van der Waals surface area contributed by atoms with E-state index in [1.54, 1.807) is 18.5 Å². The average Bonchev–Trinajstić information content (AvgIpc) is 2.59. The highest BCUT2D eigenvalue weighted by Crippen LogP contribution is 2.19. The minimum atomic E-state index is -0.114. The van der Waals surface area contributed by atoms with Crippen LogP contribution in [0.3, 0.4) is 0 Å². The van der Waals surface area contributed by atoms with Gasteiger partial charge in [-0.15, -0.1) is 0 Å². The van der Waals surface area contributed by atoms with Crippen molar-refractivity contribution in [3.8, 4) is 0 Å². The zero-order chi connectivity index (χ0) is 15.2. The molecular formula is C19H16N2O. The summed E-state index contributed by atoms with van der Waals surface area (Å²) in [5, 5.41) is 5.16. The van der Waals surface area contributed by atoms with Gasteiger partial charge >= 0.3 is 0 Å². The molecule has 0 radical (unpaired) electrons. The molecule has 1 aromatic heterocycles. The predicted octanol–water partition coefficient (Wildman–Crippen LogP) is 3.56. The molecule has 1 amide bonds. The van der Waals surface area contributed by atoms with Gasteiger partial charge in [-0.2, -0.15) is 0 Å². The van der Waals surface area contributed by atoms with Crippen molar-refractivity contribution in [2.24, 2.45) is 0 Å². The summed E-state index contributed by atoms with van der Waals surface area (Å²) in [5.41, 5.74) is 2.02. The van der Waals surface area contributed by atoms with Crippen molar-refractivity contribution < 1.29 is 4.79 Å². The number of carbonyl (C=O) groups is 1. The second kappa shape index (κ2) is 6.68. The summed E-state index contributed by atoms with van der Waals surface area (Å²) < 4.78 is 0. The first-order valence-corrected chi connectivity index (χ1v) is 7.15. The van der Waals surface area contributed by atoms with E-state index in [9.17, 15) is 4.79 Å². The molecule has 1 heterocycles. The molecule has 0 fully saturated rings. The molecular weight excluding hydrogens is 272 g/mol. The summed E-state index contributed by atoms with van der Waals surface area (Å²) in [6, 6.07) is 18.0. The van der Waals surface area contributed by atoms with Crippen LogP contribution in [0.15, 0.2) is 73.1 Å². The molecule has 108 valence electrons. The Morgan fingerprint density at radius 2 is 1.91 bits per heavy atom. The smallest absolute Gasteiger partial charge is 0.244 e. The van der Waals surface area contributed by atoms with Crippen molar-refractivity contribution in [2.45, 2.75) is 6.54 Å². The summed E-state index contributed by atoms with van der Waals surface area (Å²) in [6.45, 7) is 0.479. The van der Waals surface area contributed by atoms with Crippen LogP contribution in [0.1, 0.15) is 11.1 Å². The summed E-state index contributed by atoms with van der Waals surface area (Å²) >= 11 is 0. The van der Waals surface area contributed by atoms with E-state index >= 15 is 0 Å². The Balaban J connectivity index is 1.69. The molecule has 22 heavy (non-hydrogen) atoms. The van der Waals surface area contributed by atoms with Crippen molar-refractivity contribution in [1.29, 1.82) is 0 Å². The van der Waals surface area contributed by atoms with Gasteiger partial charge < -0.3 is 5.32 Å². The van der Waals surface area contributed by atoms with Crippen molar-refractivity contribution >= 4 is 22.8 Å². The van der Waals surface area contributed by atoms with Gasteiger partial charge in [0.15, 0.2) is 0 Å². The van der Waals surface area contributed by atoms with E-state index in [0.29, 0.717) is 6.54 Å². The molecule has 0 spiro atoms. The number of rotatable bonds is 4. The third-order valence-electron chi connectivity index (χ3n) is 3.43. The van der Waals surface area contributed by atoms with E-state index in [0.717, 1.165) is 16.5 Å². The fourth-order valence-corrected chi connectivity index (χ4v) is 2.31. The Morgan fingerprint density at radius 3 is 2.77 bits per heavy atom. The van der Waals surface area contributed by atoms with Gasteiger partial charge in [0.25, 0.3) is 0 Å². The van der Waals surface area contributed by atoms with Gasteiger partial charge in [0.1, 0.15) is 0 Å². The van der Waals surface area contributed by atoms with Gasteiger partial charge in [0, 0.05) is 25.0 Å². The highest BCUT2D eigenvalue weighted by Gasteiger charge is 1.99. The largest absolute Gasteiger partial charge is 0.348 e. The minimum absolute atomic E-state index is 0.114. The summed E-state index contributed by atoms with van der Waals surface area (Å²) in [7, 11) is 0. The number of hydrogen-bond donors (Lipinski definition) is 1. The summed E-state index contributed by atoms with van der Waals surface area (Å²) in [5.74, 6) is -0.114. The molecule has 1 N–H and O–H groups in total. The van der Waals surface area contributed by atoms with Crippen LogP contribution in [0.4, 0.5) is 0 Å². The zero-order valence-electron chi connectivity index (χ0n) is 12.1. The standard InChI is InChI=1S/C19H16N2O/c22-19(21-14-15-5-4-12-20-13-15)11-10-17-8-3-7-16-6-1-2-9-18(16)17/h1-13H,14H2,(H,21,22)/b11-10+. The Morgan fingerprint density at radius 1 is 1.05 bits per heavy atom. The first-order valence-electron chi connectivity index (χ1n) is 7.15. The molecule has 0 aliphatic rings. The van der Waals surface area contributed by atoms with Crippen LogP contribution in [0.5, 0.6) is 0 Å². The van der Waals surface area contributed by atoms with Crippen molar-refractivity contribution in [2.75, 3.05) is 0 Å². The number of nitrogens with zero attached hydrogens (tertiary/aromatic N) is 1. The van der Waals surface area contributed by atoms with Gasteiger partial charge in [-0.1, -0.05) is 48.5 Å². The van der Waals surface area contributed by atoms with Crippen LogP contribution in [0.2, 0.25) is 0 Å². The van der Waals surface area contributed by atoms with Crippen molar-refractivity contribution in [1.82, 2.24) is 10.3 Å². The number of benzene rings is 2. The molecule has 0 aliphatic carbocycles. The number of hydrogen-bond acceptors (Lipinski definition) is 2. The quantitative estimate of drug-likeness (QED) is 0.746. The van der Waals surface area contributed by atoms with E-state index in [1.807, 2.05) is 42.5 Å². The molecule has 3 aromatic rings. The zero-order valence-corrected chi connectivity index (χ0v) is 12.1. The number of nitrogens with one attached hydrogen (secondary N) is 1. The average molecular weight is 288 g/mol. The second-order valence-electron chi connectivity index (χ2n) is 4.98. The maximum Gasteiger partial charge on any atom is 0.244 e. The summed E-state index contributed by atoms with van der Waals surface area (Å²) in [6.07, 6.45) is 6.87. The predicted molar refractivity (Wildman–Crippen MR) is 89.1 cm³/mol. The van der Waals surface area contributed by atoms with Crippen LogP contribution >= 0.6 is 0 Å². The molecule has 0 atom stereocenters. The number of fused-ring (bicyclic) bond motifs is 1. The third-order valence-corrected chi connectivity index (χ3v) is 3.43. The van der Waals surface area contributed by atoms with E-state index in [2.05, 4.69) is 28.5 Å². The van der Waals surface area contributed by atoms with Crippen LogP contribution < -0.4 is 5.32 Å². The molecule has 0 saturated heterocycles. The topological polar surface area (TPSA) is 42.0 Å². The summed E-state index contributed by atoms with van der Waals surface area (Å²) in [4.78, 5) is 15.9. The van der Waals surface area contributed by atoms with Crippen LogP contribution in [0.25, 0.3) is 16.8 Å². The monoisotopic (exact) mass is 288 g/mol. The lowest BCUT2D eigenvalue weighted by Crippen LogP contribution is -2.20. The highest BCUT2D eigenvalue weighted by atomic mass is 16.1. The SMILES string of the molecule is O=C(/C=C/c1cccc2ccccc12)NCc1cccnc1. The van der Waals surface area contributed by atoms with Gasteiger partial charge in [-0.3, -0.25) is 9.78 Å². The number of carbonyl (C=O) groups excluding carboxylic acids is 1. The lowest BCUT2D eigenvalue weighted by molar-refractivity contribution is -0.116. The van der Waals surface area contributed by atoms with Crippen molar-refractivity contribution in [3.05, 3.63) is 84.2 Å². The van der Waals surface area contributed by atoms with Crippen LogP contribution in [0, 0.1) is 0 Å². The molecule has 3 nitrogen and oxygen atoms in total. The lowest BCUT2D eigenvalue weighted by atomic mass is 10.0. The van der Waals surface area contributed by atoms with Gasteiger partial charge in [-0.25, -0.2) is 0 Å². The molecule has 0 saturated carbocycles. The fourth-order valence-electron chi connectivity index (χ4n) is 2.31.